The molecule has 6 N–H and O–H groups in total. The van der Waals surface area contributed by atoms with Gasteiger partial charge in [0.1, 0.15) is 42.7 Å². The molecule has 1 aliphatic carbocycles. The van der Waals surface area contributed by atoms with Crippen molar-refractivity contribution in [2.45, 2.75) is 121 Å². The number of allylic oxidation sites excluding steroid dienone is 2. The number of aliphatic hydroxyl groups excluding tert-OH is 6. The first kappa shape index (κ1) is 27.9. The Balaban J connectivity index is 1.54. The Morgan fingerprint density at radius 1 is 0.971 bits per heavy atom. The van der Waals surface area contributed by atoms with E-state index in [0.717, 1.165) is 19.3 Å². The molecule has 0 bridgehead atoms. The first-order chi connectivity index (χ1) is 15.9. The summed E-state index contributed by atoms with van der Waals surface area (Å²) in [7, 11) is 0. The first-order valence-electron chi connectivity index (χ1n) is 12.2. The standard InChI is InChI=1S/C24H42O10/c1-12-6-5-9-24(3,4)14(12)8-7-13(2)33-23-21(30)19(28)18(27)16(34-23)11-32-22-20(29)17(26)15(25)10-31-22/h13,15-23,25-30H,5-11H2,1-4H3. The summed E-state index contributed by atoms with van der Waals surface area (Å²) in [5, 5.41) is 60.4. The lowest BCUT2D eigenvalue weighted by molar-refractivity contribution is -0.326. The van der Waals surface area contributed by atoms with Gasteiger partial charge in [-0.1, -0.05) is 25.0 Å². The molecule has 3 rings (SSSR count). The lowest BCUT2D eigenvalue weighted by atomic mass is 9.71. The molecule has 10 unspecified atom stereocenters. The third-order valence-electron chi connectivity index (χ3n) is 7.40. The highest BCUT2D eigenvalue weighted by Crippen LogP contribution is 2.42. The molecule has 2 saturated heterocycles. The van der Waals surface area contributed by atoms with E-state index in [1.54, 1.807) is 0 Å². The van der Waals surface area contributed by atoms with E-state index in [2.05, 4.69) is 20.8 Å². The largest absolute Gasteiger partial charge is 0.388 e. The van der Waals surface area contributed by atoms with Gasteiger partial charge in [-0.15, -0.1) is 0 Å². The van der Waals surface area contributed by atoms with Crippen molar-refractivity contribution in [1.82, 2.24) is 0 Å². The van der Waals surface area contributed by atoms with Crippen molar-refractivity contribution in [3.05, 3.63) is 11.1 Å². The monoisotopic (exact) mass is 490 g/mol. The van der Waals surface area contributed by atoms with Crippen molar-refractivity contribution in [3.63, 3.8) is 0 Å². The maximum absolute atomic E-state index is 10.4. The van der Waals surface area contributed by atoms with Crippen LogP contribution in [-0.4, -0.2) is 105 Å². The second kappa shape index (κ2) is 11.6. The van der Waals surface area contributed by atoms with Gasteiger partial charge in [0.2, 0.25) is 0 Å². The van der Waals surface area contributed by atoms with Gasteiger partial charge in [-0.3, -0.25) is 0 Å². The third-order valence-corrected chi connectivity index (χ3v) is 7.40. The van der Waals surface area contributed by atoms with Crippen molar-refractivity contribution in [3.8, 4) is 0 Å². The highest BCUT2D eigenvalue weighted by molar-refractivity contribution is 5.22. The van der Waals surface area contributed by atoms with Crippen LogP contribution in [0.2, 0.25) is 0 Å². The summed E-state index contributed by atoms with van der Waals surface area (Å²) in [6.07, 6.45) is -7.33. The predicted molar refractivity (Wildman–Crippen MR) is 121 cm³/mol. The van der Waals surface area contributed by atoms with E-state index in [-0.39, 0.29) is 24.7 Å². The summed E-state index contributed by atoms with van der Waals surface area (Å²) in [5.74, 6) is 0. The van der Waals surface area contributed by atoms with Gasteiger partial charge in [0.05, 0.1) is 19.3 Å². The Morgan fingerprint density at radius 2 is 1.65 bits per heavy atom. The summed E-state index contributed by atoms with van der Waals surface area (Å²) < 4.78 is 22.3. The Bertz CT molecular complexity index is 697. The minimum absolute atomic E-state index is 0.154. The van der Waals surface area contributed by atoms with E-state index < -0.39 is 55.3 Å². The minimum Gasteiger partial charge on any atom is -0.388 e. The number of hydrogen-bond acceptors (Lipinski definition) is 10. The average molecular weight is 491 g/mol. The van der Waals surface area contributed by atoms with Crippen molar-refractivity contribution in [1.29, 1.82) is 0 Å². The topological polar surface area (TPSA) is 158 Å². The van der Waals surface area contributed by atoms with Crippen LogP contribution in [0.15, 0.2) is 11.1 Å². The normalized spacial score (nSPS) is 42.0. The van der Waals surface area contributed by atoms with Crippen molar-refractivity contribution in [2.24, 2.45) is 5.41 Å². The molecule has 0 aromatic rings. The molecule has 34 heavy (non-hydrogen) atoms. The van der Waals surface area contributed by atoms with E-state index >= 15 is 0 Å². The smallest absolute Gasteiger partial charge is 0.186 e. The molecule has 10 heteroatoms. The van der Waals surface area contributed by atoms with E-state index in [9.17, 15) is 30.6 Å². The lowest BCUT2D eigenvalue weighted by Crippen LogP contribution is -2.60. The number of rotatable bonds is 8. The Morgan fingerprint density at radius 3 is 2.32 bits per heavy atom. The molecule has 0 aromatic heterocycles. The van der Waals surface area contributed by atoms with E-state index in [4.69, 9.17) is 18.9 Å². The SMILES string of the molecule is CC1=C(CCC(C)OC2OC(COC3OCC(O)C(O)C3O)C(O)C(O)C2O)C(C)(C)CCC1. The summed E-state index contributed by atoms with van der Waals surface area (Å²) >= 11 is 0. The third kappa shape index (κ3) is 6.36. The van der Waals surface area contributed by atoms with Gasteiger partial charge in [-0.25, -0.2) is 0 Å². The second-order valence-corrected chi connectivity index (χ2v) is 10.6. The zero-order chi connectivity index (χ0) is 25.2. The van der Waals surface area contributed by atoms with Crippen LogP contribution in [-0.2, 0) is 18.9 Å². The van der Waals surface area contributed by atoms with Crippen molar-refractivity contribution < 1.29 is 49.6 Å². The molecule has 3 aliphatic rings. The van der Waals surface area contributed by atoms with Crippen LogP contribution < -0.4 is 0 Å². The predicted octanol–water partition coefficient (Wildman–Crippen LogP) is -0.0385. The van der Waals surface area contributed by atoms with Gasteiger partial charge < -0.3 is 49.6 Å². The van der Waals surface area contributed by atoms with Crippen molar-refractivity contribution in [2.75, 3.05) is 13.2 Å². The quantitative estimate of drug-likeness (QED) is 0.255. The van der Waals surface area contributed by atoms with Crippen LogP contribution in [0.3, 0.4) is 0 Å². The van der Waals surface area contributed by atoms with Gasteiger partial charge in [-0.05, 0) is 51.4 Å². The van der Waals surface area contributed by atoms with Crippen LogP contribution in [0.25, 0.3) is 0 Å². The molecule has 2 aliphatic heterocycles. The molecule has 2 fully saturated rings. The summed E-state index contributed by atoms with van der Waals surface area (Å²) in [6, 6.07) is 0. The molecular formula is C24H42O10. The number of aliphatic hydroxyl groups is 6. The number of hydrogen-bond donors (Lipinski definition) is 6. The van der Waals surface area contributed by atoms with E-state index in [0.29, 0.717) is 6.42 Å². The molecular weight excluding hydrogens is 448 g/mol. The van der Waals surface area contributed by atoms with Gasteiger partial charge in [0.25, 0.3) is 0 Å². The molecule has 0 spiro atoms. The minimum atomic E-state index is -1.52. The Labute approximate surface area is 201 Å². The van der Waals surface area contributed by atoms with Crippen LogP contribution in [0.1, 0.15) is 59.8 Å². The highest BCUT2D eigenvalue weighted by atomic mass is 16.7. The van der Waals surface area contributed by atoms with Gasteiger partial charge in [0, 0.05) is 0 Å². The molecule has 0 amide bonds. The van der Waals surface area contributed by atoms with Gasteiger partial charge in [-0.2, -0.15) is 0 Å². The van der Waals surface area contributed by atoms with Crippen LogP contribution in [0.4, 0.5) is 0 Å². The summed E-state index contributed by atoms with van der Waals surface area (Å²) in [6.45, 7) is 8.06. The molecule has 10 nitrogen and oxygen atoms in total. The van der Waals surface area contributed by atoms with Gasteiger partial charge in [0.15, 0.2) is 12.6 Å². The van der Waals surface area contributed by atoms with E-state index in [1.165, 1.54) is 17.6 Å². The maximum atomic E-state index is 10.4. The maximum Gasteiger partial charge on any atom is 0.186 e. The fraction of sp³-hybridized carbons (Fsp3) is 0.917. The van der Waals surface area contributed by atoms with Crippen LogP contribution in [0, 0.1) is 5.41 Å². The fourth-order valence-electron chi connectivity index (χ4n) is 5.15. The first-order valence-corrected chi connectivity index (χ1v) is 12.2. The average Bonchev–Trinajstić information content (AvgIpc) is 2.77. The number of ether oxygens (including phenoxy) is 4. The second-order valence-electron chi connectivity index (χ2n) is 10.6. The fourth-order valence-corrected chi connectivity index (χ4v) is 5.15. The highest BCUT2D eigenvalue weighted by Gasteiger charge is 2.46. The zero-order valence-corrected chi connectivity index (χ0v) is 20.5. The molecule has 2 heterocycles. The molecule has 198 valence electrons. The summed E-state index contributed by atoms with van der Waals surface area (Å²) in [4.78, 5) is 0. The molecule has 0 aromatic carbocycles. The van der Waals surface area contributed by atoms with Crippen LogP contribution in [0.5, 0.6) is 0 Å². The molecule has 10 atom stereocenters. The molecule has 0 radical (unpaired) electrons. The molecule has 0 saturated carbocycles. The van der Waals surface area contributed by atoms with Gasteiger partial charge >= 0.3 is 0 Å². The van der Waals surface area contributed by atoms with Crippen molar-refractivity contribution >= 4 is 0 Å². The van der Waals surface area contributed by atoms with Crippen LogP contribution >= 0.6 is 0 Å². The lowest BCUT2D eigenvalue weighted by Gasteiger charge is -2.42. The summed E-state index contributed by atoms with van der Waals surface area (Å²) in [5.41, 5.74) is 3.03. The Hall–Kier alpha value is -0.660. The zero-order valence-electron chi connectivity index (χ0n) is 20.5. The van der Waals surface area contributed by atoms with E-state index in [1.807, 2.05) is 6.92 Å². The Kier molecular flexibility index (Phi) is 9.52.